The summed E-state index contributed by atoms with van der Waals surface area (Å²) >= 11 is 0. The van der Waals surface area contributed by atoms with Gasteiger partial charge >= 0.3 is 0 Å². The van der Waals surface area contributed by atoms with Gasteiger partial charge in [0.1, 0.15) is 12.9 Å². The van der Waals surface area contributed by atoms with Crippen LogP contribution in [0.5, 0.6) is 0 Å². The lowest BCUT2D eigenvalue weighted by atomic mass is 10.5. The molecule has 0 radical (unpaired) electrons. The van der Waals surface area contributed by atoms with E-state index >= 15 is 0 Å². The fourth-order valence-electron chi connectivity index (χ4n) is 0.611. The van der Waals surface area contributed by atoms with Gasteiger partial charge in [-0.25, -0.2) is 0 Å². The molecule has 0 unspecified atom stereocenters. The monoisotopic (exact) mass is 184 g/mol. The summed E-state index contributed by atoms with van der Waals surface area (Å²) < 4.78 is 9.84. The maximum absolute atomic E-state index is 5.05. The first-order valence-electron chi connectivity index (χ1n) is 4.03. The van der Waals surface area contributed by atoms with Crippen molar-refractivity contribution in [2.45, 2.75) is 6.92 Å². The second kappa shape index (κ2) is 8.93. The predicted octanol–water partition coefficient (Wildman–Crippen LogP) is 1.28. The van der Waals surface area contributed by atoms with E-state index in [9.17, 15) is 0 Å². The Bertz CT molecular complexity index is 198. The van der Waals surface area contributed by atoms with Gasteiger partial charge in [-0.05, 0) is 6.92 Å². The Labute approximate surface area is 79.0 Å². The molecule has 0 aromatic carbocycles. The summed E-state index contributed by atoms with van der Waals surface area (Å²) in [6, 6.07) is 0. The maximum Gasteiger partial charge on any atom is 0.111 e. The molecular formula is C9H16N2O2. The van der Waals surface area contributed by atoms with Crippen molar-refractivity contribution in [1.29, 1.82) is 0 Å². The van der Waals surface area contributed by atoms with Crippen LogP contribution in [0.1, 0.15) is 6.92 Å². The summed E-state index contributed by atoms with van der Waals surface area (Å²) in [6.45, 7) is 3.00. The van der Waals surface area contributed by atoms with Crippen LogP contribution in [-0.2, 0) is 9.47 Å². The van der Waals surface area contributed by atoms with Crippen LogP contribution < -0.4 is 0 Å². The molecule has 0 saturated carbocycles. The predicted molar refractivity (Wildman–Crippen MR) is 54.5 cm³/mol. The lowest BCUT2D eigenvalue weighted by Gasteiger charge is -1.96. The van der Waals surface area contributed by atoms with Gasteiger partial charge in [-0.15, -0.1) is 0 Å². The molecule has 0 aromatic heterocycles. The summed E-state index contributed by atoms with van der Waals surface area (Å²) in [5, 5.41) is 0. The van der Waals surface area contributed by atoms with E-state index in [1.54, 1.807) is 26.6 Å². The van der Waals surface area contributed by atoms with Gasteiger partial charge < -0.3 is 9.47 Å². The quantitative estimate of drug-likeness (QED) is 0.354. The Kier molecular flexibility index (Phi) is 8.14. The van der Waals surface area contributed by atoms with Crippen molar-refractivity contribution in [3.05, 3.63) is 12.5 Å². The molecule has 0 aliphatic rings. The molecule has 0 rings (SSSR count). The Morgan fingerprint density at radius 3 is 2.77 bits per heavy atom. The molecule has 0 aromatic rings. The largest absolute Gasteiger partial charge is 0.497 e. The Morgan fingerprint density at radius 1 is 1.38 bits per heavy atom. The van der Waals surface area contributed by atoms with E-state index in [1.807, 2.05) is 6.92 Å². The summed E-state index contributed by atoms with van der Waals surface area (Å²) in [5.41, 5.74) is 0.842. The van der Waals surface area contributed by atoms with E-state index < -0.39 is 0 Å². The highest BCUT2D eigenvalue weighted by molar-refractivity contribution is 6.29. The van der Waals surface area contributed by atoms with E-state index in [-0.39, 0.29) is 0 Å². The molecule has 0 aliphatic carbocycles. The molecule has 0 atom stereocenters. The molecule has 0 fully saturated rings. The van der Waals surface area contributed by atoms with Crippen LogP contribution in [0.2, 0.25) is 0 Å². The third kappa shape index (κ3) is 8.75. The molecule has 0 spiro atoms. The van der Waals surface area contributed by atoms with Crippen molar-refractivity contribution in [2.75, 3.05) is 27.4 Å². The third-order valence-corrected chi connectivity index (χ3v) is 1.16. The first-order valence-corrected chi connectivity index (χ1v) is 4.03. The zero-order valence-corrected chi connectivity index (χ0v) is 8.36. The second-order valence-electron chi connectivity index (χ2n) is 2.31. The third-order valence-electron chi connectivity index (χ3n) is 1.16. The standard InChI is InChI=1S/C9H16N2O2/c1-9(8-10-2)11-4-5-13-7-6-12-3/h4-5,8H,6-7H2,1-3H3/b5-4+,10-8?,11-9?. The Hall–Kier alpha value is -1.16. The molecule has 0 heterocycles. The van der Waals surface area contributed by atoms with Crippen LogP contribution in [0.15, 0.2) is 22.4 Å². The zero-order chi connectivity index (χ0) is 9.94. The van der Waals surface area contributed by atoms with E-state index in [1.165, 1.54) is 6.26 Å². The second-order valence-corrected chi connectivity index (χ2v) is 2.31. The van der Waals surface area contributed by atoms with Crippen LogP contribution in [-0.4, -0.2) is 39.3 Å². The fourth-order valence-corrected chi connectivity index (χ4v) is 0.611. The lowest BCUT2D eigenvalue weighted by Crippen LogP contribution is -1.96. The number of rotatable bonds is 6. The Balaban J connectivity index is 3.55. The van der Waals surface area contributed by atoms with Crippen molar-refractivity contribution >= 4 is 11.9 Å². The molecule has 0 amide bonds. The van der Waals surface area contributed by atoms with Crippen LogP contribution in [0.25, 0.3) is 0 Å². The van der Waals surface area contributed by atoms with Gasteiger partial charge in [-0.2, -0.15) is 0 Å². The minimum Gasteiger partial charge on any atom is -0.497 e. The highest BCUT2D eigenvalue weighted by Crippen LogP contribution is 1.81. The summed E-state index contributed by atoms with van der Waals surface area (Å²) in [5.74, 6) is 0. The molecule has 0 bridgehead atoms. The van der Waals surface area contributed by atoms with Gasteiger partial charge in [0.25, 0.3) is 0 Å². The Morgan fingerprint density at radius 2 is 2.15 bits per heavy atom. The topological polar surface area (TPSA) is 43.2 Å². The molecular weight excluding hydrogens is 168 g/mol. The summed E-state index contributed by atoms with van der Waals surface area (Å²) in [6.07, 6.45) is 4.80. The number of methoxy groups -OCH3 is 1. The molecule has 0 saturated heterocycles. The van der Waals surface area contributed by atoms with Crippen LogP contribution in [0, 0.1) is 0 Å². The van der Waals surface area contributed by atoms with Gasteiger partial charge in [-0.3, -0.25) is 9.98 Å². The van der Waals surface area contributed by atoms with Crippen molar-refractivity contribution in [1.82, 2.24) is 0 Å². The van der Waals surface area contributed by atoms with Crippen LogP contribution in [0.4, 0.5) is 0 Å². The zero-order valence-electron chi connectivity index (χ0n) is 8.36. The van der Waals surface area contributed by atoms with E-state index in [0.717, 1.165) is 5.71 Å². The van der Waals surface area contributed by atoms with Crippen molar-refractivity contribution in [3.8, 4) is 0 Å². The van der Waals surface area contributed by atoms with E-state index in [0.29, 0.717) is 13.2 Å². The van der Waals surface area contributed by atoms with Gasteiger partial charge in [-0.1, -0.05) is 0 Å². The average Bonchev–Trinajstić information content (AvgIpc) is 2.11. The summed E-state index contributed by atoms with van der Waals surface area (Å²) in [7, 11) is 3.34. The first-order chi connectivity index (χ1) is 6.31. The summed E-state index contributed by atoms with van der Waals surface area (Å²) in [4.78, 5) is 7.85. The fraction of sp³-hybridized carbons (Fsp3) is 0.556. The smallest absolute Gasteiger partial charge is 0.111 e. The maximum atomic E-state index is 5.05. The first kappa shape index (κ1) is 11.8. The van der Waals surface area contributed by atoms with E-state index in [2.05, 4.69) is 9.98 Å². The lowest BCUT2D eigenvalue weighted by molar-refractivity contribution is 0.123. The number of ether oxygens (including phenoxy) is 2. The minimum absolute atomic E-state index is 0.545. The van der Waals surface area contributed by atoms with Crippen molar-refractivity contribution < 1.29 is 9.47 Å². The average molecular weight is 184 g/mol. The van der Waals surface area contributed by atoms with Gasteiger partial charge in [0.15, 0.2) is 0 Å². The van der Waals surface area contributed by atoms with Crippen LogP contribution in [0.3, 0.4) is 0 Å². The number of nitrogens with zero attached hydrogens (tertiary/aromatic N) is 2. The van der Waals surface area contributed by atoms with E-state index in [4.69, 9.17) is 9.47 Å². The van der Waals surface area contributed by atoms with Crippen molar-refractivity contribution in [3.63, 3.8) is 0 Å². The van der Waals surface area contributed by atoms with Crippen molar-refractivity contribution in [2.24, 2.45) is 9.98 Å². The molecule has 4 heteroatoms. The number of aliphatic imine (C=N–C) groups is 2. The SMILES string of the molecule is CN=CC(C)=N/C=C/OCCOC. The van der Waals surface area contributed by atoms with Crippen LogP contribution >= 0.6 is 0 Å². The minimum atomic E-state index is 0.545. The number of hydrogen-bond donors (Lipinski definition) is 0. The number of hydrogen-bond acceptors (Lipinski definition) is 4. The highest BCUT2D eigenvalue weighted by atomic mass is 16.5. The molecule has 0 aliphatic heterocycles. The molecule has 4 nitrogen and oxygen atoms in total. The van der Waals surface area contributed by atoms with Gasteiger partial charge in [0.05, 0.1) is 18.5 Å². The van der Waals surface area contributed by atoms with Gasteiger partial charge in [0, 0.05) is 20.4 Å². The normalized spacial score (nSPS) is 13.0. The molecule has 0 N–H and O–H groups in total. The molecule has 13 heavy (non-hydrogen) atoms. The highest BCUT2D eigenvalue weighted by Gasteiger charge is 1.80. The molecule has 74 valence electrons. The van der Waals surface area contributed by atoms with Gasteiger partial charge in [0.2, 0.25) is 0 Å².